The van der Waals surface area contributed by atoms with E-state index < -0.39 is 0 Å². The van der Waals surface area contributed by atoms with Crippen LogP contribution in [0.15, 0.2) is 0 Å². The van der Waals surface area contributed by atoms with Gasteiger partial charge in [-0.3, -0.25) is 10.2 Å². The Balaban J connectivity index is 2.40. The molecule has 0 spiro atoms. The van der Waals surface area contributed by atoms with Crippen LogP contribution in [0.5, 0.6) is 0 Å². The first-order valence-corrected chi connectivity index (χ1v) is 3.75. The maximum atomic E-state index is 10.7. The smallest absolute Gasteiger partial charge is 0.319 e. The number of nitrogens with two attached hydrogens (primary N) is 1. The number of amidine groups is 1. The molecule has 0 aromatic rings. The highest BCUT2D eigenvalue weighted by atomic mass is 32.2. The van der Waals surface area contributed by atoms with Gasteiger partial charge in [0.05, 0.1) is 6.61 Å². The lowest BCUT2D eigenvalue weighted by Gasteiger charge is -2.00. The third kappa shape index (κ3) is 1.63. The summed E-state index contributed by atoms with van der Waals surface area (Å²) < 4.78 is 4.65. The lowest BCUT2D eigenvalue weighted by Crippen LogP contribution is -2.16. The molecule has 56 valence electrons. The largest absolute Gasteiger partial charge is 0.465 e. The van der Waals surface area contributed by atoms with E-state index in [-0.39, 0.29) is 16.4 Å². The predicted octanol–water partition coefficient (Wildman–Crippen LogP) is -0.0714. The van der Waals surface area contributed by atoms with E-state index in [9.17, 15) is 4.79 Å². The van der Waals surface area contributed by atoms with Crippen LogP contribution in [0.1, 0.15) is 6.42 Å². The molecule has 1 aliphatic rings. The van der Waals surface area contributed by atoms with Crippen LogP contribution in [0.25, 0.3) is 0 Å². The van der Waals surface area contributed by atoms with E-state index in [4.69, 9.17) is 11.1 Å². The summed E-state index contributed by atoms with van der Waals surface area (Å²) in [6.07, 6.45) is 0.670. The second-order valence-electron chi connectivity index (χ2n) is 1.93. The van der Waals surface area contributed by atoms with E-state index in [2.05, 4.69) is 4.74 Å². The molecule has 0 aromatic carbocycles. The third-order valence-corrected chi connectivity index (χ3v) is 2.12. The molecule has 0 radical (unpaired) electrons. The third-order valence-electron chi connectivity index (χ3n) is 1.16. The number of esters is 1. The van der Waals surface area contributed by atoms with Crippen molar-refractivity contribution in [2.24, 2.45) is 5.73 Å². The molecule has 0 bridgehead atoms. The second kappa shape index (κ2) is 2.92. The summed E-state index contributed by atoms with van der Waals surface area (Å²) >= 11 is 1.06. The van der Waals surface area contributed by atoms with Crippen molar-refractivity contribution in [1.82, 2.24) is 0 Å². The van der Waals surface area contributed by atoms with Crippen molar-refractivity contribution < 1.29 is 9.53 Å². The Kier molecular flexibility index (Phi) is 2.16. The van der Waals surface area contributed by atoms with Crippen molar-refractivity contribution in [2.75, 3.05) is 6.61 Å². The van der Waals surface area contributed by atoms with Crippen LogP contribution in [0, 0.1) is 5.41 Å². The van der Waals surface area contributed by atoms with Crippen LogP contribution in [-0.2, 0) is 9.53 Å². The SMILES string of the molecule is N=C(N)S[C@@H]1CCOC1=O. The van der Waals surface area contributed by atoms with Gasteiger partial charge in [0, 0.05) is 6.42 Å². The first kappa shape index (κ1) is 7.40. The summed E-state index contributed by atoms with van der Waals surface area (Å²) in [5, 5.41) is 6.62. The van der Waals surface area contributed by atoms with E-state index >= 15 is 0 Å². The molecular weight excluding hydrogens is 152 g/mol. The Morgan fingerprint density at radius 2 is 2.60 bits per heavy atom. The van der Waals surface area contributed by atoms with Gasteiger partial charge in [-0.2, -0.15) is 0 Å². The highest BCUT2D eigenvalue weighted by Gasteiger charge is 2.27. The molecule has 1 rings (SSSR count). The van der Waals surface area contributed by atoms with E-state index in [1.54, 1.807) is 0 Å². The summed E-state index contributed by atoms with van der Waals surface area (Å²) in [5.41, 5.74) is 5.07. The number of cyclic esters (lactones) is 1. The van der Waals surface area contributed by atoms with E-state index in [0.717, 1.165) is 11.8 Å². The Bertz CT molecular complexity index is 171. The molecule has 0 aromatic heterocycles. The average Bonchev–Trinajstić information content (AvgIpc) is 2.15. The number of rotatable bonds is 1. The summed E-state index contributed by atoms with van der Waals surface area (Å²) in [6.45, 7) is 0.462. The van der Waals surface area contributed by atoms with Gasteiger partial charge in [0.2, 0.25) is 0 Å². The Hall–Kier alpha value is -0.710. The molecule has 0 aliphatic carbocycles. The molecular formula is C5H8N2O2S. The summed E-state index contributed by atoms with van der Waals surface area (Å²) in [6, 6.07) is 0. The number of carbonyl (C=O) groups excluding carboxylic acids is 1. The molecule has 1 aliphatic heterocycles. The van der Waals surface area contributed by atoms with Gasteiger partial charge in [0.25, 0.3) is 0 Å². The molecule has 1 fully saturated rings. The van der Waals surface area contributed by atoms with Crippen molar-refractivity contribution >= 4 is 22.9 Å². The number of hydrogen-bond acceptors (Lipinski definition) is 4. The quantitative estimate of drug-likeness (QED) is 0.320. The van der Waals surface area contributed by atoms with Crippen molar-refractivity contribution in [1.29, 1.82) is 5.41 Å². The Morgan fingerprint density at radius 1 is 1.90 bits per heavy atom. The van der Waals surface area contributed by atoms with Crippen LogP contribution in [0.2, 0.25) is 0 Å². The molecule has 1 saturated heterocycles. The maximum Gasteiger partial charge on any atom is 0.319 e. The topological polar surface area (TPSA) is 76.2 Å². The second-order valence-corrected chi connectivity index (χ2v) is 3.17. The van der Waals surface area contributed by atoms with Crippen LogP contribution in [-0.4, -0.2) is 23.0 Å². The number of ether oxygens (including phenoxy) is 1. The molecule has 4 nitrogen and oxygen atoms in total. The van der Waals surface area contributed by atoms with Gasteiger partial charge in [-0.05, 0) is 0 Å². The lowest BCUT2D eigenvalue weighted by atomic mass is 10.4. The maximum absolute atomic E-state index is 10.7. The molecule has 0 unspecified atom stereocenters. The zero-order valence-electron chi connectivity index (χ0n) is 5.29. The molecule has 0 amide bonds. The number of carbonyl (C=O) groups is 1. The fourth-order valence-corrected chi connectivity index (χ4v) is 1.42. The van der Waals surface area contributed by atoms with Gasteiger partial charge in [0.1, 0.15) is 5.25 Å². The highest BCUT2D eigenvalue weighted by molar-refractivity contribution is 8.14. The van der Waals surface area contributed by atoms with Gasteiger partial charge in [-0.1, -0.05) is 11.8 Å². The van der Waals surface area contributed by atoms with Crippen LogP contribution < -0.4 is 5.73 Å². The van der Waals surface area contributed by atoms with E-state index in [0.29, 0.717) is 13.0 Å². The number of hydrogen-bond donors (Lipinski definition) is 2. The highest BCUT2D eigenvalue weighted by Crippen LogP contribution is 2.20. The van der Waals surface area contributed by atoms with Gasteiger partial charge in [-0.25, -0.2) is 0 Å². The molecule has 1 atom stereocenters. The van der Waals surface area contributed by atoms with E-state index in [1.165, 1.54) is 0 Å². The summed E-state index contributed by atoms with van der Waals surface area (Å²) in [4.78, 5) is 10.7. The van der Waals surface area contributed by atoms with Gasteiger partial charge < -0.3 is 10.5 Å². The summed E-state index contributed by atoms with van der Waals surface area (Å²) in [7, 11) is 0. The van der Waals surface area contributed by atoms with Crippen molar-refractivity contribution in [3.8, 4) is 0 Å². The molecule has 1 heterocycles. The first-order chi connectivity index (χ1) is 4.70. The minimum absolute atomic E-state index is 0.0242. The molecule has 5 heteroatoms. The van der Waals surface area contributed by atoms with E-state index in [1.807, 2.05) is 0 Å². The molecule has 0 saturated carbocycles. The van der Waals surface area contributed by atoms with Gasteiger partial charge >= 0.3 is 5.97 Å². The Morgan fingerprint density at radius 3 is 3.00 bits per heavy atom. The zero-order valence-corrected chi connectivity index (χ0v) is 6.11. The minimum atomic E-state index is -0.250. The minimum Gasteiger partial charge on any atom is -0.465 e. The first-order valence-electron chi connectivity index (χ1n) is 2.87. The van der Waals surface area contributed by atoms with Gasteiger partial charge in [0.15, 0.2) is 5.17 Å². The number of nitrogens with one attached hydrogen (secondary N) is 1. The van der Waals surface area contributed by atoms with Gasteiger partial charge in [-0.15, -0.1) is 0 Å². The fraction of sp³-hybridized carbons (Fsp3) is 0.600. The summed E-state index contributed by atoms with van der Waals surface area (Å²) in [5.74, 6) is -0.250. The zero-order chi connectivity index (χ0) is 7.56. The monoisotopic (exact) mass is 160 g/mol. The number of thioether (sulfide) groups is 1. The fourth-order valence-electron chi connectivity index (χ4n) is 0.738. The van der Waals surface area contributed by atoms with Crippen LogP contribution in [0.4, 0.5) is 0 Å². The van der Waals surface area contributed by atoms with Crippen LogP contribution in [0.3, 0.4) is 0 Å². The predicted molar refractivity (Wildman–Crippen MR) is 38.9 cm³/mol. The van der Waals surface area contributed by atoms with Crippen molar-refractivity contribution in [3.05, 3.63) is 0 Å². The standard InChI is InChI=1S/C5H8N2O2S/c6-5(7)10-3-1-2-9-4(3)8/h3H,1-2H2,(H3,6,7)/t3-/m1/s1. The Labute approximate surface area is 62.6 Å². The van der Waals surface area contributed by atoms with Crippen molar-refractivity contribution in [2.45, 2.75) is 11.7 Å². The van der Waals surface area contributed by atoms with Crippen molar-refractivity contribution in [3.63, 3.8) is 0 Å². The molecule has 10 heavy (non-hydrogen) atoms. The lowest BCUT2D eigenvalue weighted by molar-refractivity contribution is -0.137. The average molecular weight is 160 g/mol. The van der Waals surface area contributed by atoms with Crippen LogP contribution >= 0.6 is 11.8 Å². The normalized spacial score (nSPS) is 24.4. The molecule has 3 N–H and O–H groups in total.